The van der Waals surface area contributed by atoms with Crippen molar-refractivity contribution in [2.45, 2.75) is 51.9 Å². The normalized spacial score (nSPS) is 28.3. The van der Waals surface area contributed by atoms with E-state index in [9.17, 15) is 10.1 Å². The van der Waals surface area contributed by atoms with Crippen LogP contribution in [0.1, 0.15) is 55.2 Å². The molecule has 2 bridgehead atoms. The molecule has 1 aromatic rings. The number of rotatable bonds is 4. The minimum Gasteiger partial charge on any atom is -0.298 e. The molecule has 0 aromatic carbocycles. The molecule has 110 valence electrons. The molecule has 1 heterocycles. The van der Waals surface area contributed by atoms with E-state index in [1.165, 1.54) is 25.7 Å². The summed E-state index contributed by atoms with van der Waals surface area (Å²) in [6, 6.07) is 3.98. The van der Waals surface area contributed by atoms with Crippen molar-refractivity contribution in [2.24, 2.45) is 17.8 Å². The molecule has 4 nitrogen and oxygen atoms in total. The largest absolute Gasteiger partial charge is 0.298 e. The number of nitriles is 1. The maximum absolute atomic E-state index is 12.5. The fraction of sp³-hybridized carbons (Fsp3) is 0.647. The number of carbonyl (C=O) groups excluding carboxylic acids is 1. The lowest BCUT2D eigenvalue weighted by Gasteiger charge is -2.21. The van der Waals surface area contributed by atoms with Gasteiger partial charge in [-0.1, -0.05) is 6.42 Å². The van der Waals surface area contributed by atoms with Gasteiger partial charge in [-0.05, 0) is 56.9 Å². The Labute approximate surface area is 125 Å². The van der Waals surface area contributed by atoms with Gasteiger partial charge in [-0.2, -0.15) is 5.26 Å². The molecule has 1 aromatic heterocycles. The first-order valence-corrected chi connectivity index (χ1v) is 7.81. The molecule has 2 aliphatic rings. The van der Waals surface area contributed by atoms with Crippen LogP contribution in [0.2, 0.25) is 0 Å². The van der Waals surface area contributed by atoms with Crippen LogP contribution >= 0.6 is 0 Å². The van der Waals surface area contributed by atoms with Gasteiger partial charge >= 0.3 is 0 Å². The summed E-state index contributed by atoms with van der Waals surface area (Å²) >= 11 is 0. The zero-order chi connectivity index (χ0) is 15.0. The molecular formula is C17H21N3O. The maximum atomic E-state index is 12.5. The van der Waals surface area contributed by atoms with Crippen molar-refractivity contribution in [3.05, 3.63) is 23.3 Å². The highest BCUT2D eigenvalue weighted by molar-refractivity contribution is 5.87. The average molecular weight is 283 g/mol. The van der Waals surface area contributed by atoms with Crippen molar-refractivity contribution >= 4 is 5.78 Å². The van der Waals surface area contributed by atoms with Crippen molar-refractivity contribution in [2.75, 3.05) is 0 Å². The molecule has 4 heteroatoms. The van der Waals surface area contributed by atoms with Crippen molar-refractivity contribution in [3.63, 3.8) is 0 Å². The quantitative estimate of drug-likeness (QED) is 0.851. The zero-order valence-electron chi connectivity index (χ0n) is 12.7. The summed E-state index contributed by atoms with van der Waals surface area (Å²) < 4.78 is 0. The third kappa shape index (κ3) is 2.83. The van der Waals surface area contributed by atoms with Gasteiger partial charge in [0.05, 0.1) is 6.07 Å². The summed E-state index contributed by atoms with van der Waals surface area (Å²) in [4.78, 5) is 21.1. The first kappa shape index (κ1) is 14.2. The number of nitrogens with zero attached hydrogens (tertiary/aromatic N) is 3. The summed E-state index contributed by atoms with van der Waals surface area (Å²) in [5, 5.41) is 9.39. The van der Waals surface area contributed by atoms with E-state index in [1.807, 2.05) is 19.9 Å². The van der Waals surface area contributed by atoms with E-state index in [-0.39, 0.29) is 5.78 Å². The maximum Gasteiger partial charge on any atom is 0.164 e. The number of aromatic nitrogens is 2. The Bertz CT molecular complexity index is 584. The predicted molar refractivity (Wildman–Crippen MR) is 78.4 cm³/mol. The molecule has 21 heavy (non-hydrogen) atoms. The SMILES string of the molecule is Cc1cc(C)nc([C@@H](C#N)C(=O)C[C@H]2C[C@H]3CC[C@H]2C3)n1. The molecule has 0 N–H and O–H groups in total. The summed E-state index contributed by atoms with van der Waals surface area (Å²) in [6.45, 7) is 3.74. The first-order chi connectivity index (χ1) is 10.1. The number of Topliss-reactive ketones (excluding diaryl/α,β-unsaturated/α-hetero) is 1. The Balaban J connectivity index is 1.74. The topological polar surface area (TPSA) is 66.6 Å². The van der Waals surface area contributed by atoms with Crippen LogP contribution in [-0.2, 0) is 4.79 Å². The van der Waals surface area contributed by atoms with Gasteiger partial charge in [0.1, 0.15) is 0 Å². The highest BCUT2D eigenvalue weighted by atomic mass is 16.1. The number of carbonyl (C=O) groups is 1. The van der Waals surface area contributed by atoms with Gasteiger partial charge in [-0.15, -0.1) is 0 Å². The molecule has 0 spiro atoms. The summed E-state index contributed by atoms with van der Waals surface area (Å²) in [5.41, 5.74) is 1.62. The van der Waals surface area contributed by atoms with Crippen molar-refractivity contribution in [1.29, 1.82) is 5.26 Å². The van der Waals surface area contributed by atoms with Gasteiger partial charge in [0, 0.05) is 17.8 Å². The fourth-order valence-electron chi connectivity index (χ4n) is 4.16. The van der Waals surface area contributed by atoms with Crippen LogP contribution in [-0.4, -0.2) is 15.8 Å². The van der Waals surface area contributed by atoms with Crippen LogP contribution in [0.25, 0.3) is 0 Å². The monoisotopic (exact) mass is 283 g/mol. The van der Waals surface area contributed by atoms with Crippen molar-refractivity contribution in [1.82, 2.24) is 9.97 Å². The molecule has 0 unspecified atom stereocenters. The number of fused-ring (bicyclic) bond motifs is 2. The Kier molecular flexibility index (Phi) is 3.75. The van der Waals surface area contributed by atoms with E-state index in [0.717, 1.165) is 17.3 Å². The number of ketones is 1. The lowest BCUT2D eigenvalue weighted by Crippen LogP contribution is -2.21. The van der Waals surface area contributed by atoms with E-state index in [1.54, 1.807) is 0 Å². The molecule has 0 aliphatic heterocycles. The second kappa shape index (κ2) is 5.55. The van der Waals surface area contributed by atoms with Crippen LogP contribution in [0.3, 0.4) is 0 Å². The van der Waals surface area contributed by atoms with E-state index in [2.05, 4.69) is 16.0 Å². The molecule has 2 saturated carbocycles. The molecule has 3 rings (SSSR count). The molecule has 0 saturated heterocycles. The summed E-state index contributed by atoms with van der Waals surface area (Å²) in [5.74, 6) is 1.59. The summed E-state index contributed by atoms with van der Waals surface area (Å²) in [7, 11) is 0. The molecule has 0 radical (unpaired) electrons. The lowest BCUT2D eigenvalue weighted by atomic mass is 9.83. The molecule has 0 amide bonds. The smallest absolute Gasteiger partial charge is 0.164 e. The van der Waals surface area contributed by atoms with Crippen LogP contribution < -0.4 is 0 Å². The van der Waals surface area contributed by atoms with E-state index >= 15 is 0 Å². The predicted octanol–water partition coefficient (Wildman–Crippen LogP) is 3.10. The standard InChI is InChI=1S/C17H21N3O/c1-10-5-11(2)20-17(19-10)15(9-18)16(21)8-14-7-12-3-4-13(14)6-12/h5,12-15H,3-4,6-8H2,1-2H3/t12-,13-,14+,15-/m0/s1. The number of hydrogen-bond acceptors (Lipinski definition) is 4. The molecule has 2 aliphatic carbocycles. The van der Waals surface area contributed by atoms with Gasteiger partial charge < -0.3 is 0 Å². The third-order valence-corrected chi connectivity index (χ3v) is 5.06. The number of hydrogen-bond donors (Lipinski definition) is 0. The first-order valence-electron chi connectivity index (χ1n) is 7.81. The highest BCUT2D eigenvalue weighted by Gasteiger charge is 2.41. The van der Waals surface area contributed by atoms with Crippen LogP contribution in [0.5, 0.6) is 0 Å². The van der Waals surface area contributed by atoms with Gasteiger partial charge in [0.15, 0.2) is 17.5 Å². The van der Waals surface area contributed by atoms with Crippen molar-refractivity contribution < 1.29 is 4.79 Å². The summed E-state index contributed by atoms with van der Waals surface area (Å²) in [6.07, 6.45) is 5.57. The van der Waals surface area contributed by atoms with Crippen LogP contribution in [0, 0.1) is 42.9 Å². The molecular weight excluding hydrogens is 262 g/mol. The van der Waals surface area contributed by atoms with Gasteiger partial charge in [0.2, 0.25) is 0 Å². The number of aryl methyl sites for hydroxylation is 2. The van der Waals surface area contributed by atoms with Gasteiger partial charge in [-0.25, -0.2) is 9.97 Å². The second-order valence-corrected chi connectivity index (χ2v) is 6.68. The second-order valence-electron chi connectivity index (χ2n) is 6.68. The van der Waals surface area contributed by atoms with E-state index < -0.39 is 5.92 Å². The lowest BCUT2D eigenvalue weighted by molar-refractivity contribution is -0.120. The van der Waals surface area contributed by atoms with Crippen molar-refractivity contribution in [3.8, 4) is 6.07 Å². The van der Waals surface area contributed by atoms with E-state index in [4.69, 9.17) is 0 Å². The highest BCUT2D eigenvalue weighted by Crippen LogP contribution is 2.49. The third-order valence-electron chi connectivity index (χ3n) is 5.06. The fourth-order valence-corrected chi connectivity index (χ4v) is 4.16. The zero-order valence-corrected chi connectivity index (χ0v) is 12.7. The minimum absolute atomic E-state index is 0.0000463. The Morgan fingerprint density at radius 3 is 2.57 bits per heavy atom. The van der Waals surface area contributed by atoms with Crippen LogP contribution in [0.4, 0.5) is 0 Å². The average Bonchev–Trinajstić information content (AvgIpc) is 3.00. The van der Waals surface area contributed by atoms with E-state index in [0.29, 0.717) is 24.1 Å². The minimum atomic E-state index is -0.803. The van der Waals surface area contributed by atoms with Crippen LogP contribution in [0.15, 0.2) is 6.07 Å². The molecule has 4 atom stereocenters. The Hall–Kier alpha value is -1.76. The Morgan fingerprint density at radius 1 is 1.33 bits per heavy atom. The Morgan fingerprint density at radius 2 is 2.05 bits per heavy atom. The molecule has 2 fully saturated rings. The van der Waals surface area contributed by atoms with Gasteiger partial charge in [-0.3, -0.25) is 4.79 Å². The van der Waals surface area contributed by atoms with Gasteiger partial charge in [0.25, 0.3) is 0 Å².